The third-order valence-electron chi connectivity index (χ3n) is 3.41. The lowest BCUT2D eigenvalue weighted by atomic mass is 9.76. The van der Waals surface area contributed by atoms with Crippen LogP contribution in [-0.4, -0.2) is 27.1 Å². The molecule has 0 bridgehead atoms. The number of carboxylic acids is 1. The maximum absolute atomic E-state index is 10.8. The van der Waals surface area contributed by atoms with Crippen molar-refractivity contribution in [1.82, 2.24) is 9.97 Å². The molecule has 1 aromatic rings. The summed E-state index contributed by atoms with van der Waals surface area (Å²) in [5, 5.41) is 8.84. The third kappa shape index (κ3) is 3.18. The molecule has 1 heterocycles. The lowest BCUT2D eigenvalue weighted by Crippen LogP contribution is -2.29. The third-order valence-corrected chi connectivity index (χ3v) is 3.41. The smallest absolute Gasteiger partial charge is 0.354 e. The molecule has 1 fully saturated rings. The normalized spacial score (nSPS) is 19.4. The molecule has 0 spiro atoms. The molecule has 0 aromatic carbocycles. The average molecular weight is 250 g/mol. The van der Waals surface area contributed by atoms with Gasteiger partial charge in [0, 0.05) is 6.20 Å². The van der Waals surface area contributed by atoms with Crippen LogP contribution in [0.2, 0.25) is 0 Å². The number of aromatic nitrogens is 2. The van der Waals surface area contributed by atoms with Crippen molar-refractivity contribution in [1.29, 1.82) is 0 Å². The summed E-state index contributed by atoms with van der Waals surface area (Å²) in [5.41, 5.74) is 0.347. The highest BCUT2D eigenvalue weighted by atomic mass is 16.5. The predicted octanol–water partition coefficient (Wildman–Crippen LogP) is 2.52. The van der Waals surface area contributed by atoms with Gasteiger partial charge in [0.15, 0.2) is 5.69 Å². The first-order valence-electron chi connectivity index (χ1n) is 6.19. The second-order valence-corrected chi connectivity index (χ2v) is 5.51. The predicted molar refractivity (Wildman–Crippen MR) is 65.7 cm³/mol. The Hall–Kier alpha value is -1.65. The van der Waals surface area contributed by atoms with E-state index in [2.05, 4.69) is 23.8 Å². The summed E-state index contributed by atoms with van der Waals surface area (Å²) in [6.45, 7) is 4.51. The topological polar surface area (TPSA) is 72.3 Å². The SMILES string of the molecule is CC1(C)CCC(Oc2nccc(C(=O)O)n2)CC1. The quantitative estimate of drug-likeness (QED) is 0.892. The van der Waals surface area contributed by atoms with Crippen LogP contribution in [0.1, 0.15) is 50.0 Å². The number of aromatic carboxylic acids is 1. The molecular weight excluding hydrogens is 232 g/mol. The molecule has 0 aliphatic heterocycles. The second-order valence-electron chi connectivity index (χ2n) is 5.51. The van der Waals surface area contributed by atoms with E-state index in [4.69, 9.17) is 9.84 Å². The largest absolute Gasteiger partial charge is 0.477 e. The van der Waals surface area contributed by atoms with Crippen molar-refractivity contribution in [2.45, 2.75) is 45.6 Å². The van der Waals surface area contributed by atoms with E-state index >= 15 is 0 Å². The Morgan fingerprint density at radius 1 is 1.44 bits per heavy atom. The zero-order valence-corrected chi connectivity index (χ0v) is 10.7. The van der Waals surface area contributed by atoms with Crippen LogP contribution in [0.25, 0.3) is 0 Å². The molecule has 0 amide bonds. The van der Waals surface area contributed by atoms with Gasteiger partial charge in [-0.05, 0) is 37.2 Å². The van der Waals surface area contributed by atoms with Crippen molar-refractivity contribution in [2.75, 3.05) is 0 Å². The molecule has 98 valence electrons. The summed E-state index contributed by atoms with van der Waals surface area (Å²) in [4.78, 5) is 18.6. The number of carbonyl (C=O) groups is 1. The number of hydrogen-bond donors (Lipinski definition) is 1. The van der Waals surface area contributed by atoms with Gasteiger partial charge in [0.05, 0.1) is 0 Å². The lowest BCUT2D eigenvalue weighted by molar-refractivity contribution is 0.0681. The van der Waals surface area contributed by atoms with Gasteiger partial charge < -0.3 is 9.84 Å². The fourth-order valence-electron chi connectivity index (χ4n) is 2.16. The van der Waals surface area contributed by atoms with Gasteiger partial charge in [0.25, 0.3) is 0 Å². The molecule has 0 radical (unpaired) electrons. The van der Waals surface area contributed by atoms with E-state index in [0.717, 1.165) is 25.7 Å². The van der Waals surface area contributed by atoms with Crippen molar-refractivity contribution < 1.29 is 14.6 Å². The van der Waals surface area contributed by atoms with Crippen LogP contribution >= 0.6 is 0 Å². The molecule has 1 saturated carbocycles. The van der Waals surface area contributed by atoms with E-state index in [1.165, 1.54) is 12.3 Å². The van der Waals surface area contributed by atoms with Gasteiger partial charge in [-0.1, -0.05) is 13.8 Å². The van der Waals surface area contributed by atoms with Crippen molar-refractivity contribution in [3.05, 3.63) is 18.0 Å². The first-order valence-corrected chi connectivity index (χ1v) is 6.19. The van der Waals surface area contributed by atoms with Crippen LogP contribution in [0, 0.1) is 5.41 Å². The molecule has 18 heavy (non-hydrogen) atoms. The first kappa shape index (κ1) is 12.8. The van der Waals surface area contributed by atoms with Crippen LogP contribution in [0.4, 0.5) is 0 Å². The Morgan fingerprint density at radius 2 is 2.11 bits per heavy atom. The van der Waals surface area contributed by atoms with E-state index in [-0.39, 0.29) is 17.8 Å². The van der Waals surface area contributed by atoms with Crippen LogP contribution in [0.3, 0.4) is 0 Å². The number of rotatable bonds is 3. The van der Waals surface area contributed by atoms with Crippen molar-refractivity contribution in [3.63, 3.8) is 0 Å². The van der Waals surface area contributed by atoms with Gasteiger partial charge in [-0.3, -0.25) is 0 Å². The highest BCUT2D eigenvalue weighted by Crippen LogP contribution is 2.36. The maximum atomic E-state index is 10.8. The zero-order valence-electron chi connectivity index (χ0n) is 10.7. The minimum atomic E-state index is -1.06. The van der Waals surface area contributed by atoms with Gasteiger partial charge >= 0.3 is 12.0 Å². The van der Waals surface area contributed by atoms with E-state index < -0.39 is 5.97 Å². The van der Waals surface area contributed by atoms with Crippen molar-refractivity contribution >= 4 is 5.97 Å². The van der Waals surface area contributed by atoms with E-state index in [1.807, 2.05) is 0 Å². The summed E-state index contributed by atoms with van der Waals surface area (Å²) in [5.74, 6) is -1.06. The minimum Gasteiger partial charge on any atom is -0.477 e. The molecule has 5 nitrogen and oxygen atoms in total. The van der Waals surface area contributed by atoms with Crippen molar-refractivity contribution in [2.24, 2.45) is 5.41 Å². The molecule has 0 saturated heterocycles. The van der Waals surface area contributed by atoms with Crippen LogP contribution in [0.5, 0.6) is 6.01 Å². The number of ether oxygens (including phenoxy) is 1. The molecule has 0 atom stereocenters. The Bertz CT molecular complexity index is 436. The average Bonchev–Trinajstić information content (AvgIpc) is 2.32. The van der Waals surface area contributed by atoms with Crippen LogP contribution in [-0.2, 0) is 0 Å². The molecule has 1 N–H and O–H groups in total. The standard InChI is InChI=1S/C13H18N2O3/c1-13(2)6-3-9(4-7-13)18-12-14-8-5-10(15-12)11(16)17/h5,8-9H,3-4,6-7H2,1-2H3,(H,16,17). The van der Waals surface area contributed by atoms with Crippen LogP contribution < -0.4 is 4.74 Å². The Kier molecular flexibility index (Phi) is 3.50. The monoisotopic (exact) mass is 250 g/mol. The molecule has 0 unspecified atom stereocenters. The number of nitrogens with zero attached hydrogens (tertiary/aromatic N) is 2. The second kappa shape index (κ2) is 4.92. The Labute approximate surface area is 106 Å². The van der Waals surface area contributed by atoms with Gasteiger partial charge in [0.1, 0.15) is 6.10 Å². The van der Waals surface area contributed by atoms with E-state index in [1.54, 1.807) is 0 Å². The molecule has 1 aliphatic carbocycles. The highest BCUT2D eigenvalue weighted by molar-refractivity contribution is 5.85. The first-order chi connectivity index (χ1) is 8.46. The van der Waals surface area contributed by atoms with Gasteiger partial charge in [-0.25, -0.2) is 9.78 Å². The highest BCUT2D eigenvalue weighted by Gasteiger charge is 2.28. The summed E-state index contributed by atoms with van der Waals surface area (Å²) >= 11 is 0. The fraction of sp³-hybridized carbons (Fsp3) is 0.615. The minimum absolute atomic E-state index is 0.0314. The van der Waals surface area contributed by atoms with E-state index in [0.29, 0.717) is 5.41 Å². The Morgan fingerprint density at radius 3 is 2.72 bits per heavy atom. The van der Waals surface area contributed by atoms with Gasteiger partial charge in [-0.15, -0.1) is 0 Å². The number of carboxylic acid groups (broad SMARTS) is 1. The van der Waals surface area contributed by atoms with E-state index in [9.17, 15) is 4.79 Å². The van der Waals surface area contributed by atoms with Gasteiger partial charge in [-0.2, -0.15) is 4.98 Å². The summed E-state index contributed by atoms with van der Waals surface area (Å²) < 4.78 is 5.65. The molecule has 5 heteroatoms. The fourth-order valence-corrected chi connectivity index (χ4v) is 2.16. The summed E-state index contributed by atoms with van der Waals surface area (Å²) in [6.07, 6.45) is 5.66. The molecule has 1 aromatic heterocycles. The van der Waals surface area contributed by atoms with Gasteiger partial charge in [0.2, 0.25) is 0 Å². The summed E-state index contributed by atoms with van der Waals surface area (Å²) in [7, 11) is 0. The molecule has 2 rings (SSSR count). The van der Waals surface area contributed by atoms with Crippen LogP contribution in [0.15, 0.2) is 12.3 Å². The summed E-state index contributed by atoms with van der Waals surface area (Å²) in [6, 6.07) is 1.53. The number of hydrogen-bond acceptors (Lipinski definition) is 4. The zero-order chi connectivity index (χ0) is 13.2. The molecule has 1 aliphatic rings. The lowest BCUT2D eigenvalue weighted by Gasteiger charge is -2.33. The Balaban J connectivity index is 1.98. The maximum Gasteiger partial charge on any atom is 0.354 e. The van der Waals surface area contributed by atoms with Crippen molar-refractivity contribution in [3.8, 4) is 6.01 Å². The molecular formula is C13H18N2O3.